The second-order valence-electron chi connectivity index (χ2n) is 30.3. The molecule has 15 rings (SSSR count). The first kappa shape index (κ1) is 60.9. The molecular weight excluding hydrogens is 1150 g/mol. The topological polar surface area (TPSA) is 6.48 Å². The highest BCUT2D eigenvalue weighted by molar-refractivity contribution is 5.94. The van der Waals surface area contributed by atoms with Crippen LogP contribution in [0.5, 0.6) is 0 Å². The number of hydrogen-bond acceptors (Lipinski definition) is 2. The van der Waals surface area contributed by atoms with E-state index in [1.165, 1.54) is 122 Å². The van der Waals surface area contributed by atoms with Gasteiger partial charge in [-0.1, -0.05) is 314 Å². The molecule has 0 N–H and O–H groups in total. The summed E-state index contributed by atoms with van der Waals surface area (Å²) in [6, 6.07) is 100. The maximum Gasteiger partial charge on any atom is 0.0540 e. The second-order valence-corrected chi connectivity index (χ2v) is 30.3. The predicted octanol–water partition coefficient (Wildman–Crippen LogP) is 25.8. The van der Waals surface area contributed by atoms with Crippen molar-refractivity contribution < 1.29 is 0 Å². The zero-order chi connectivity index (χ0) is 65.8. The van der Waals surface area contributed by atoms with Crippen molar-refractivity contribution in [2.75, 3.05) is 9.80 Å². The molecular formula is C93H84N2. The van der Waals surface area contributed by atoms with E-state index in [0.717, 1.165) is 34.1 Å². The van der Waals surface area contributed by atoms with Gasteiger partial charge in [-0.25, -0.2) is 0 Å². The summed E-state index contributed by atoms with van der Waals surface area (Å²) in [6.07, 6.45) is 9.22. The van der Waals surface area contributed by atoms with E-state index in [-0.39, 0.29) is 27.1 Å². The van der Waals surface area contributed by atoms with E-state index in [2.05, 4.69) is 384 Å². The van der Waals surface area contributed by atoms with Gasteiger partial charge in [-0.05, 0) is 183 Å². The molecule has 0 spiro atoms. The Balaban J connectivity index is 0.672. The molecule has 0 atom stereocenters. The fraction of sp³-hybridized carbons (Fsp3) is 0.183. The Morgan fingerprint density at radius 1 is 0.242 bits per heavy atom. The summed E-state index contributed by atoms with van der Waals surface area (Å²) >= 11 is 0. The Kier molecular flexibility index (Phi) is 14.8. The van der Waals surface area contributed by atoms with Crippen molar-refractivity contribution in [2.45, 2.75) is 110 Å². The van der Waals surface area contributed by atoms with Gasteiger partial charge in [-0.15, -0.1) is 0 Å². The minimum atomic E-state index is -0.222. The first-order valence-electron chi connectivity index (χ1n) is 34.0. The van der Waals surface area contributed by atoms with Crippen LogP contribution in [0.3, 0.4) is 0 Å². The van der Waals surface area contributed by atoms with Crippen molar-refractivity contribution in [1.82, 2.24) is 0 Å². The van der Waals surface area contributed by atoms with Crippen molar-refractivity contribution in [3.05, 3.63) is 334 Å². The molecule has 12 aromatic rings. The molecule has 0 saturated carbocycles. The molecule has 0 aromatic heterocycles. The fourth-order valence-corrected chi connectivity index (χ4v) is 15.5. The number of nitrogens with zero attached hydrogens (tertiary/aromatic N) is 2. The molecule has 0 radical (unpaired) electrons. The maximum absolute atomic E-state index is 2.45. The van der Waals surface area contributed by atoms with Crippen LogP contribution in [0, 0.1) is 0 Å². The summed E-state index contributed by atoms with van der Waals surface area (Å²) in [7, 11) is 0. The SMILES string of the molecule is CC(C)(C)c1ccc(N(c2ccc3c(c2)C(C)(C)c2cc(/C=C/c4ccc5c(c4)C(C)(C)c4cc(/C=C/c6ccc7c(c6)C(C)(C)c6cc(N(c8ccc(C(C)(C)C)cc8)c8ccccc8-c8ccccc8)ccc6-7)ccc4-5)ccc2-3)c2ccccc2-c2ccccc2)cc1. The number of rotatable bonds is 12. The Morgan fingerprint density at radius 2 is 0.495 bits per heavy atom. The lowest BCUT2D eigenvalue weighted by molar-refractivity contribution is 0.590. The van der Waals surface area contributed by atoms with Crippen LogP contribution in [0.4, 0.5) is 34.1 Å². The minimum absolute atomic E-state index is 0.0522. The first-order chi connectivity index (χ1) is 45.6. The van der Waals surface area contributed by atoms with E-state index in [0.29, 0.717) is 0 Å². The van der Waals surface area contributed by atoms with Gasteiger partial charge in [0.1, 0.15) is 0 Å². The molecule has 2 nitrogen and oxygen atoms in total. The number of anilines is 6. The standard InChI is InChI=1S/C93H84N2/c1-89(2,3)67-39-43-69(44-40-67)94(87-29-21-19-27-73(87)65-23-15-13-16-24-65)71-47-53-79-77-51-37-63(57-83(77)92(9,10)85(79)59-71)33-31-61-35-49-75-76-50-36-62(56-82(76)91(7,8)81(75)55-61)32-34-64-38-52-78-80-54-48-72(60-86(80)93(11,12)84(78)58-64)95(70-45-41-68(42-46-70)90(4,5)6)88-30-22-20-28-74(88)66-25-17-14-18-26-66/h13-60H,1-12H3/b33-31+,34-32+. The molecule has 2 heteroatoms. The molecule has 466 valence electrons. The fourth-order valence-electron chi connectivity index (χ4n) is 15.5. The molecule has 0 amide bonds. The lowest BCUT2D eigenvalue weighted by Crippen LogP contribution is -2.17. The van der Waals surface area contributed by atoms with Crippen molar-refractivity contribution in [2.24, 2.45) is 0 Å². The van der Waals surface area contributed by atoms with Crippen LogP contribution in [0.1, 0.15) is 150 Å². The summed E-state index contributed by atoms with van der Waals surface area (Å²) in [6.45, 7) is 28.1. The van der Waals surface area contributed by atoms with Crippen LogP contribution < -0.4 is 9.80 Å². The van der Waals surface area contributed by atoms with E-state index < -0.39 is 0 Å². The van der Waals surface area contributed by atoms with Gasteiger partial charge < -0.3 is 9.80 Å². The third-order valence-electron chi connectivity index (χ3n) is 21.0. The van der Waals surface area contributed by atoms with Crippen LogP contribution in [0.15, 0.2) is 267 Å². The quantitative estimate of drug-likeness (QED) is 0.113. The molecule has 95 heavy (non-hydrogen) atoms. The molecule has 0 aliphatic heterocycles. The number of benzene rings is 12. The monoisotopic (exact) mass is 1230 g/mol. The maximum atomic E-state index is 2.45. The Labute approximate surface area is 564 Å². The third-order valence-corrected chi connectivity index (χ3v) is 21.0. The van der Waals surface area contributed by atoms with Crippen LogP contribution in [-0.4, -0.2) is 0 Å². The number of para-hydroxylation sites is 2. The van der Waals surface area contributed by atoms with Crippen LogP contribution in [-0.2, 0) is 27.1 Å². The summed E-state index contributed by atoms with van der Waals surface area (Å²) in [5.74, 6) is 0. The van der Waals surface area contributed by atoms with Crippen molar-refractivity contribution >= 4 is 58.4 Å². The largest absolute Gasteiger partial charge is 0.310 e. The van der Waals surface area contributed by atoms with Gasteiger partial charge in [-0.2, -0.15) is 0 Å². The van der Waals surface area contributed by atoms with Crippen molar-refractivity contribution in [1.29, 1.82) is 0 Å². The van der Waals surface area contributed by atoms with Gasteiger partial charge in [0.2, 0.25) is 0 Å². The van der Waals surface area contributed by atoms with Crippen LogP contribution in [0.2, 0.25) is 0 Å². The van der Waals surface area contributed by atoms with Gasteiger partial charge >= 0.3 is 0 Å². The smallest absolute Gasteiger partial charge is 0.0540 e. The van der Waals surface area contributed by atoms with Gasteiger partial charge in [0.05, 0.1) is 11.4 Å². The number of hydrogen-bond donors (Lipinski definition) is 0. The van der Waals surface area contributed by atoms with Crippen molar-refractivity contribution in [3.8, 4) is 55.6 Å². The molecule has 12 aromatic carbocycles. The highest BCUT2D eigenvalue weighted by Gasteiger charge is 2.39. The zero-order valence-electron chi connectivity index (χ0n) is 57.1. The average Bonchev–Trinajstić information content (AvgIpc) is 1.61. The lowest BCUT2D eigenvalue weighted by Gasteiger charge is -2.30. The molecule has 0 saturated heterocycles. The minimum Gasteiger partial charge on any atom is -0.310 e. The van der Waals surface area contributed by atoms with Gasteiger partial charge in [0.15, 0.2) is 0 Å². The highest BCUT2D eigenvalue weighted by Crippen LogP contribution is 2.55. The van der Waals surface area contributed by atoms with E-state index in [9.17, 15) is 0 Å². The molecule has 3 aliphatic rings. The van der Waals surface area contributed by atoms with Crippen LogP contribution in [0.25, 0.3) is 79.9 Å². The molecule has 0 unspecified atom stereocenters. The van der Waals surface area contributed by atoms with Gasteiger partial charge in [0.25, 0.3) is 0 Å². The zero-order valence-corrected chi connectivity index (χ0v) is 57.1. The van der Waals surface area contributed by atoms with E-state index >= 15 is 0 Å². The predicted molar refractivity (Wildman–Crippen MR) is 408 cm³/mol. The summed E-state index contributed by atoms with van der Waals surface area (Å²) in [4.78, 5) is 4.90. The van der Waals surface area contributed by atoms with Gasteiger partial charge in [-0.3, -0.25) is 0 Å². The summed E-state index contributed by atoms with van der Waals surface area (Å²) < 4.78 is 0. The summed E-state index contributed by atoms with van der Waals surface area (Å²) in [5, 5.41) is 0. The first-order valence-corrected chi connectivity index (χ1v) is 34.0. The Morgan fingerprint density at radius 3 is 0.789 bits per heavy atom. The molecule has 0 heterocycles. The Bertz CT molecular complexity index is 4700. The van der Waals surface area contributed by atoms with Crippen molar-refractivity contribution in [3.63, 3.8) is 0 Å². The lowest BCUT2D eigenvalue weighted by atomic mass is 9.81. The van der Waals surface area contributed by atoms with Crippen LogP contribution >= 0.6 is 0 Å². The summed E-state index contributed by atoms with van der Waals surface area (Å²) in [5.41, 5.74) is 34.6. The van der Waals surface area contributed by atoms with E-state index in [4.69, 9.17) is 0 Å². The average molecular weight is 1230 g/mol. The third kappa shape index (κ3) is 10.8. The normalized spacial score (nSPS) is 14.5. The molecule has 0 fully saturated rings. The van der Waals surface area contributed by atoms with E-state index in [1.807, 2.05) is 0 Å². The molecule has 0 bridgehead atoms. The molecule has 3 aliphatic carbocycles. The van der Waals surface area contributed by atoms with E-state index in [1.54, 1.807) is 0 Å². The Hall–Kier alpha value is -10.3. The number of fused-ring (bicyclic) bond motifs is 9. The highest BCUT2D eigenvalue weighted by atomic mass is 15.2. The van der Waals surface area contributed by atoms with Gasteiger partial charge in [0, 0.05) is 50.1 Å². The second kappa shape index (κ2) is 23.0.